The lowest BCUT2D eigenvalue weighted by molar-refractivity contribution is 0.0874. The third-order valence-corrected chi connectivity index (χ3v) is 5.42. The van der Waals surface area contributed by atoms with E-state index < -0.39 is 0 Å². The van der Waals surface area contributed by atoms with Gasteiger partial charge in [-0.2, -0.15) is 0 Å². The van der Waals surface area contributed by atoms with Gasteiger partial charge in [0, 0.05) is 10.9 Å². The maximum atomic E-state index is 12.5. The lowest BCUT2D eigenvalue weighted by atomic mass is 9.78. The molecule has 1 aromatic rings. The van der Waals surface area contributed by atoms with Gasteiger partial charge in [-0.05, 0) is 57.6 Å². The van der Waals surface area contributed by atoms with Gasteiger partial charge in [-0.1, -0.05) is 40.0 Å². The number of alkyl halides is 1. The average Bonchev–Trinajstić information content (AvgIpc) is 2.40. The van der Waals surface area contributed by atoms with Gasteiger partial charge in [0.25, 0.3) is 5.91 Å². The number of carbonyl (C=O) groups is 1. The SMILES string of the molecule is Cc1cc(C)cc(C(=O)NC2(CBr)CCC(C)CC2)c1. The van der Waals surface area contributed by atoms with Crippen LogP contribution in [0, 0.1) is 19.8 Å². The summed E-state index contributed by atoms with van der Waals surface area (Å²) in [5.41, 5.74) is 2.99. The smallest absolute Gasteiger partial charge is 0.251 e. The summed E-state index contributed by atoms with van der Waals surface area (Å²) in [5, 5.41) is 4.12. The Morgan fingerprint density at radius 2 is 1.80 bits per heavy atom. The summed E-state index contributed by atoms with van der Waals surface area (Å²) in [4.78, 5) is 12.5. The molecular weight excluding hydrogens is 314 g/mol. The number of amides is 1. The molecular formula is C17H24BrNO. The van der Waals surface area contributed by atoms with Crippen molar-refractivity contribution in [1.29, 1.82) is 0 Å². The number of hydrogen-bond donors (Lipinski definition) is 1. The molecule has 1 amide bonds. The molecule has 0 bridgehead atoms. The maximum Gasteiger partial charge on any atom is 0.251 e. The Kier molecular flexibility index (Phi) is 4.90. The number of nitrogens with one attached hydrogen (secondary N) is 1. The van der Waals surface area contributed by atoms with Gasteiger partial charge in [-0.25, -0.2) is 0 Å². The van der Waals surface area contributed by atoms with Crippen LogP contribution < -0.4 is 5.32 Å². The van der Waals surface area contributed by atoms with Crippen LogP contribution in [0.2, 0.25) is 0 Å². The normalized spacial score (nSPS) is 26.3. The zero-order valence-corrected chi connectivity index (χ0v) is 14.2. The quantitative estimate of drug-likeness (QED) is 0.815. The molecule has 1 saturated carbocycles. The fraction of sp³-hybridized carbons (Fsp3) is 0.588. The van der Waals surface area contributed by atoms with Crippen LogP contribution in [0.3, 0.4) is 0 Å². The van der Waals surface area contributed by atoms with Gasteiger partial charge in [-0.15, -0.1) is 0 Å². The summed E-state index contributed by atoms with van der Waals surface area (Å²) in [6, 6.07) is 6.03. The standard InChI is InChI=1S/C17H24BrNO/c1-12-4-6-17(11-18,7-5-12)19-16(20)15-9-13(2)8-14(3)10-15/h8-10,12H,4-7,11H2,1-3H3,(H,19,20). The van der Waals surface area contributed by atoms with Crippen molar-refractivity contribution in [3.8, 4) is 0 Å². The Labute approximate surface area is 130 Å². The Morgan fingerprint density at radius 1 is 1.25 bits per heavy atom. The van der Waals surface area contributed by atoms with E-state index in [4.69, 9.17) is 0 Å². The summed E-state index contributed by atoms with van der Waals surface area (Å²) in [6.45, 7) is 6.36. The highest BCUT2D eigenvalue weighted by atomic mass is 79.9. The molecule has 2 rings (SSSR count). The van der Waals surface area contributed by atoms with Gasteiger partial charge in [0.05, 0.1) is 5.54 Å². The number of hydrogen-bond acceptors (Lipinski definition) is 1. The molecule has 110 valence electrons. The van der Waals surface area contributed by atoms with Crippen molar-refractivity contribution < 1.29 is 4.79 Å². The second-order valence-corrected chi connectivity index (χ2v) is 6.99. The number of halogens is 1. The predicted molar refractivity (Wildman–Crippen MR) is 87.5 cm³/mol. The third kappa shape index (κ3) is 3.63. The largest absolute Gasteiger partial charge is 0.346 e. The number of rotatable bonds is 3. The van der Waals surface area contributed by atoms with Crippen LogP contribution in [0.5, 0.6) is 0 Å². The molecule has 0 unspecified atom stereocenters. The molecule has 3 heteroatoms. The summed E-state index contributed by atoms with van der Waals surface area (Å²) in [5.74, 6) is 0.839. The fourth-order valence-electron chi connectivity index (χ4n) is 3.03. The van der Waals surface area contributed by atoms with E-state index in [0.717, 1.165) is 40.8 Å². The van der Waals surface area contributed by atoms with Crippen molar-refractivity contribution in [2.45, 2.75) is 52.0 Å². The number of benzene rings is 1. The van der Waals surface area contributed by atoms with Crippen molar-refractivity contribution in [3.63, 3.8) is 0 Å². The molecule has 1 aliphatic carbocycles. The lowest BCUT2D eigenvalue weighted by Gasteiger charge is -2.39. The highest BCUT2D eigenvalue weighted by Gasteiger charge is 2.34. The van der Waals surface area contributed by atoms with Gasteiger partial charge in [0.2, 0.25) is 0 Å². The number of carbonyl (C=O) groups excluding carboxylic acids is 1. The minimum Gasteiger partial charge on any atom is -0.346 e. The summed E-state index contributed by atoms with van der Waals surface area (Å²) >= 11 is 3.60. The van der Waals surface area contributed by atoms with Crippen molar-refractivity contribution in [2.75, 3.05) is 5.33 Å². The van der Waals surface area contributed by atoms with Gasteiger partial charge in [-0.3, -0.25) is 4.79 Å². The second kappa shape index (κ2) is 6.30. The van der Waals surface area contributed by atoms with Crippen LogP contribution in [-0.4, -0.2) is 16.8 Å². The first-order valence-electron chi connectivity index (χ1n) is 7.41. The Balaban J connectivity index is 2.13. The molecule has 0 aliphatic heterocycles. The molecule has 0 spiro atoms. The zero-order chi connectivity index (χ0) is 14.8. The first-order chi connectivity index (χ1) is 9.44. The Bertz CT molecular complexity index is 470. The minimum absolute atomic E-state index is 0.0609. The van der Waals surface area contributed by atoms with Crippen molar-refractivity contribution in [2.24, 2.45) is 5.92 Å². The molecule has 2 nitrogen and oxygen atoms in total. The highest BCUT2D eigenvalue weighted by molar-refractivity contribution is 9.09. The maximum absolute atomic E-state index is 12.5. The first-order valence-corrected chi connectivity index (χ1v) is 8.53. The third-order valence-electron chi connectivity index (χ3n) is 4.35. The van der Waals surface area contributed by atoms with Crippen molar-refractivity contribution in [3.05, 3.63) is 34.9 Å². The topological polar surface area (TPSA) is 29.1 Å². The molecule has 1 aromatic carbocycles. The van der Waals surface area contributed by atoms with Crippen molar-refractivity contribution >= 4 is 21.8 Å². The van der Waals surface area contributed by atoms with E-state index in [9.17, 15) is 4.79 Å². The molecule has 20 heavy (non-hydrogen) atoms. The molecule has 0 radical (unpaired) electrons. The van der Waals surface area contributed by atoms with Crippen LogP contribution in [0.15, 0.2) is 18.2 Å². The van der Waals surface area contributed by atoms with Crippen LogP contribution in [-0.2, 0) is 0 Å². The molecule has 0 atom stereocenters. The molecule has 1 N–H and O–H groups in total. The van der Waals surface area contributed by atoms with Crippen molar-refractivity contribution in [1.82, 2.24) is 5.32 Å². The number of aryl methyl sites for hydroxylation is 2. The summed E-state index contributed by atoms with van der Waals surface area (Å²) in [7, 11) is 0. The van der Waals surface area contributed by atoms with Gasteiger partial charge >= 0.3 is 0 Å². The van der Waals surface area contributed by atoms with E-state index in [1.54, 1.807) is 0 Å². The van der Waals surface area contributed by atoms with Gasteiger partial charge < -0.3 is 5.32 Å². The van der Waals surface area contributed by atoms with E-state index in [0.29, 0.717) is 0 Å². The Morgan fingerprint density at radius 3 is 2.30 bits per heavy atom. The molecule has 0 saturated heterocycles. The summed E-state index contributed by atoms with van der Waals surface area (Å²) in [6.07, 6.45) is 4.52. The van der Waals surface area contributed by atoms with E-state index in [-0.39, 0.29) is 11.4 Å². The van der Waals surface area contributed by atoms with E-state index in [1.807, 2.05) is 26.0 Å². The predicted octanol–water partition coefficient (Wildman–Crippen LogP) is 4.38. The van der Waals surface area contributed by atoms with E-state index in [2.05, 4.69) is 34.2 Å². The van der Waals surface area contributed by atoms with Crippen LogP contribution in [0.25, 0.3) is 0 Å². The highest BCUT2D eigenvalue weighted by Crippen LogP contribution is 2.33. The Hall–Kier alpha value is -0.830. The fourth-order valence-corrected chi connectivity index (χ4v) is 3.73. The second-order valence-electron chi connectivity index (χ2n) is 6.43. The molecule has 0 heterocycles. The van der Waals surface area contributed by atoms with Gasteiger partial charge in [0.1, 0.15) is 0 Å². The van der Waals surface area contributed by atoms with Gasteiger partial charge in [0.15, 0.2) is 0 Å². The first kappa shape index (κ1) is 15.6. The minimum atomic E-state index is -0.0682. The van der Waals surface area contributed by atoms with E-state index in [1.165, 1.54) is 12.8 Å². The van der Waals surface area contributed by atoms with Crippen LogP contribution in [0.1, 0.15) is 54.1 Å². The molecule has 1 fully saturated rings. The van der Waals surface area contributed by atoms with E-state index >= 15 is 0 Å². The molecule has 1 aliphatic rings. The monoisotopic (exact) mass is 337 g/mol. The summed E-state index contributed by atoms with van der Waals surface area (Å²) < 4.78 is 0. The zero-order valence-electron chi connectivity index (χ0n) is 12.6. The van der Waals surface area contributed by atoms with Crippen LogP contribution in [0.4, 0.5) is 0 Å². The average molecular weight is 338 g/mol. The lowest BCUT2D eigenvalue weighted by Crippen LogP contribution is -2.52. The molecule has 0 aromatic heterocycles. The van der Waals surface area contributed by atoms with Crippen LogP contribution >= 0.6 is 15.9 Å².